The monoisotopic (exact) mass is 198 g/mol. The van der Waals surface area contributed by atoms with Gasteiger partial charge in [0.25, 0.3) is 5.78 Å². The Morgan fingerprint density at radius 3 is 2.54 bits per heavy atom. The highest BCUT2D eigenvalue weighted by Gasteiger charge is 2.17. The zero-order chi connectivity index (χ0) is 10.0. The first kappa shape index (κ1) is 9.74. The highest BCUT2D eigenvalue weighted by Crippen LogP contribution is 2.20. The summed E-state index contributed by atoms with van der Waals surface area (Å²) in [5, 5.41) is 8.65. The van der Waals surface area contributed by atoms with E-state index in [1.165, 1.54) is 6.07 Å². The van der Waals surface area contributed by atoms with E-state index >= 15 is 0 Å². The van der Waals surface area contributed by atoms with Crippen LogP contribution < -0.4 is 0 Å². The Labute approximate surface area is 79.9 Å². The van der Waals surface area contributed by atoms with Gasteiger partial charge in [-0.25, -0.2) is 4.79 Å². The average molecular weight is 199 g/mol. The van der Waals surface area contributed by atoms with Gasteiger partial charge in [-0.15, -0.1) is 0 Å². The SMILES string of the molecule is Cc1cccc(C(=O)C(=O)O)c1Cl. The number of benzene rings is 1. The maximum Gasteiger partial charge on any atom is 0.377 e. The molecule has 68 valence electrons. The molecule has 0 spiro atoms. The van der Waals surface area contributed by atoms with Gasteiger partial charge in [-0.1, -0.05) is 23.7 Å². The topological polar surface area (TPSA) is 54.4 Å². The molecule has 13 heavy (non-hydrogen) atoms. The molecule has 3 nitrogen and oxygen atoms in total. The normalized spacial score (nSPS) is 9.69. The van der Waals surface area contributed by atoms with Gasteiger partial charge in [-0.05, 0) is 18.6 Å². The van der Waals surface area contributed by atoms with Gasteiger partial charge in [0, 0.05) is 5.56 Å². The zero-order valence-corrected chi connectivity index (χ0v) is 7.63. The molecular formula is C9H7ClO3. The summed E-state index contributed by atoms with van der Waals surface area (Å²) in [6.45, 7) is 1.71. The van der Waals surface area contributed by atoms with Crippen LogP contribution in [0.5, 0.6) is 0 Å². The fourth-order valence-electron chi connectivity index (χ4n) is 0.938. The van der Waals surface area contributed by atoms with E-state index in [-0.39, 0.29) is 10.6 Å². The van der Waals surface area contributed by atoms with Crippen molar-refractivity contribution in [1.29, 1.82) is 0 Å². The third kappa shape index (κ3) is 1.87. The summed E-state index contributed by atoms with van der Waals surface area (Å²) in [5.74, 6) is -2.47. The standard InChI is InChI=1S/C9H7ClO3/c1-5-3-2-4-6(7(5)10)8(11)9(12)13/h2-4H,1H3,(H,12,13). The van der Waals surface area contributed by atoms with Crippen LogP contribution in [0.2, 0.25) is 5.02 Å². The number of carboxylic acid groups (broad SMARTS) is 1. The number of hydrogen-bond donors (Lipinski definition) is 1. The van der Waals surface area contributed by atoms with Gasteiger partial charge < -0.3 is 5.11 Å². The predicted molar refractivity (Wildman–Crippen MR) is 48.2 cm³/mol. The van der Waals surface area contributed by atoms with E-state index in [0.717, 1.165) is 0 Å². The summed E-state index contributed by atoms with van der Waals surface area (Å²) in [4.78, 5) is 21.4. The Balaban J connectivity index is 3.23. The fraction of sp³-hybridized carbons (Fsp3) is 0.111. The first-order valence-corrected chi connectivity index (χ1v) is 3.94. The summed E-state index contributed by atoms with van der Waals surface area (Å²) >= 11 is 5.75. The second kappa shape index (κ2) is 3.58. The lowest BCUT2D eigenvalue weighted by atomic mass is 10.1. The third-order valence-electron chi connectivity index (χ3n) is 1.63. The van der Waals surface area contributed by atoms with Crippen molar-refractivity contribution < 1.29 is 14.7 Å². The number of ketones is 1. The van der Waals surface area contributed by atoms with Crippen LogP contribution in [0.25, 0.3) is 0 Å². The summed E-state index contributed by atoms with van der Waals surface area (Å²) in [5.41, 5.74) is 0.725. The van der Waals surface area contributed by atoms with E-state index < -0.39 is 11.8 Å². The number of halogens is 1. The molecule has 0 amide bonds. The number of rotatable bonds is 2. The minimum absolute atomic E-state index is 0.0363. The molecule has 0 aliphatic heterocycles. The van der Waals surface area contributed by atoms with Crippen LogP contribution in [-0.4, -0.2) is 16.9 Å². The second-order valence-corrected chi connectivity index (χ2v) is 2.95. The molecule has 0 radical (unpaired) electrons. The summed E-state index contributed by atoms with van der Waals surface area (Å²) in [6, 6.07) is 4.70. The fourth-order valence-corrected chi connectivity index (χ4v) is 1.15. The first-order valence-electron chi connectivity index (χ1n) is 3.56. The van der Waals surface area contributed by atoms with Crippen LogP contribution in [0.1, 0.15) is 15.9 Å². The molecule has 0 bridgehead atoms. The number of aliphatic carboxylic acids is 1. The van der Waals surface area contributed by atoms with E-state index in [4.69, 9.17) is 16.7 Å². The highest BCUT2D eigenvalue weighted by atomic mass is 35.5. The number of Topliss-reactive ketones (excluding diaryl/α,β-unsaturated/α-hetero) is 1. The Bertz CT molecular complexity index is 371. The van der Waals surface area contributed by atoms with E-state index in [1.807, 2.05) is 0 Å². The van der Waals surface area contributed by atoms with Crippen molar-refractivity contribution in [3.8, 4) is 0 Å². The second-order valence-electron chi connectivity index (χ2n) is 2.57. The van der Waals surface area contributed by atoms with Crippen molar-refractivity contribution in [2.24, 2.45) is 0 Å². The Kier molecular flexibility index (Phi) is 2.68. The molecule has 1 aromatic carbocycles. The van der Waals surface area contributed by atoms with E-state index in [2.05, 4.69) is 0 Å². The average Bonchev–Trinajstić information content (AvgIpc) is 2.08. The number of carbonyl (C=O) groups is 2. The molecule has 0 saturated heterocycles. The molecule has 0 fully saturated rings. The van der Waals surface area contributed by atoms with Crippen molar-refractivity contribution in [2.45, 2.75) is 6.92 Å². The van der Waals surface area contributed by atoms with Crippen molar-refractivity contribution in [1.82, 2.24) is 0 Å². The van der Waals surface area contributed by atoms with E-state index in [9.17, 15) is 9.59 Å². The minimum atomic E-state index is -1.49. The molecular weight excluding hydrogens is 192 g/mol. The van der Waals surface area contributed by atoms with E-state index in [1.54, 1.807) is 19.1 Å². The Morgan fingerprint density at radius 2 is 2.00 bits per heavy atom. The van der Waals surface area contributed by atoms with Crippen LogP contribution in [0, 0.1) is 6.92 Å². The quantitative estimate of drug-likeness (QED) is 0.584. The summed E-state index contributed by atoms with van der Waals surface area (Å²) in [6.07, 6.45) is 0. The number of carboxylic acids is 1. The maximum absolute atomic E-state index is 11.0. The minimum Gasteiger partial charge on any atom is -0.475 e. The van der Waals surface area contributed by atoms with Gasteiger partial charge in [-0.3, -0.25) is 4.79 Å². The van der Waals surface area contributed by atoms with Gasteiger partial charge in [-0.2, -0.15) is 0 Å². The zero-order valence-electron chi connectivity index (χ0n) is 6.87. The molecule has 0 aromatic heterocycles. The highest BCUT2D eigenvalue weighted by molar-refractivity contribution is 6.45. The number of carbonyl (C=O) groups excluding carboxylic acids is 1. The van der Waals surface area contributed by atoms with Gasteiger partial charge in [0.15, 0.2) is 0 Å². The molecule has 1 aromatic rings. The smallest absolute Gasteiger partial charge is 0.377 e. The molecule has 0 aliphatic rings. The lowest BCUT2D eigenvalue weighted by molar-refractivity contribution is -0.131. The first-order chi connectivity index (χ1) is 6.04. The lowest BCUT2D eigenvalue weighted by Gasteiger charge is -2.01. The van der Waals surface area contributed by atoms with Crippen molar-refractivity contribution in [3.63, 3.8) is 0 Å². The summed E-state index contributed by atoms with van der Waals surface area (Å²) < 4.78 is 0. The number of hydrogen-bond acceptors (Lipinski definition) is 2. The molecule has 0 unspecified atom stereocenters. The van der Waals surface area contributed by atoms with Crippen LogP contribution in [-0.2, 0) is 4.79 Å². The molecule has 0 heterocycles. The third-order valence-corrected chi connectivity index (χ3v) is 2.13. The van der Waals surface area contributed by atoms with Crippen LogP contribution in [0.4, 0.5) is 0 Å². The summed E-state index contributed by atoms with van der Waals surface area (Å²) in [7, 11) is 0. The number of aryl methyl sites for hydroxylation is 1. The van der Waals surface area contributed by atoms with Crippen LogP contribution >= 0.6 is 11.6 Å². The molecule has 0 saturated carbocycles. The predicted octanol–water partition coefficient (Wildman–Crippen LogP) is 1.92. The molecule has 0 atom stereocenters. The molecule has 4 heteroatoms. The van der Waals surface area contributed by atoms with Crippen LogP contribution in [0.15, 0.2) is 18.2 Å². The van der Waals surface area contributed by atoms with Crippen molar-refractivity contribution in [2.75, 3.05) is 0 Å². The van der Waals surface area contributed by atoms with Gasteiger partial charge in [0.2, 0.25) is 0 Å². The van der Waals surface area contributed by atoms with Crippen molar-refractivity contribution in [3.05, 3.63) is 34.3 Å². The molecule has 1 rings (SSSR count). The lowest BCUT2D eigenvalue weighted by Crippen LogP contribution is -2.13. The Morgan fingerprint density at radius 1 is 1.38 bits per heavy atom. The van der Waals surface area contributed by atoms with Gasteiger partial charge in [0.05, 0.1) is 5.02 Å². The van der Waals surface area contributed by atoms with E-state index in [0.29, 0.717) is 5.56 Å². The molecule has 1 N–H and O–H groups in total. The largest absolute Gasteiger partial charge is 0.475 e. The van der Waals surface area contributed by atoms with Gasteiger partial charge >= 0.3 is 5.97 Å². The van der Waals surface area contributed by atoms with Crippen molar-refractivity contribution >= 4 is 23.4 Å². The van der Waals surface area contributed by atoms with Gasteiger partial charge in [0.1, 0.15) is 0 Å². The maximum atomic E-state index is 11.0. The Hall–Kier alpha value is -1.35. The molecule has 0 aliphatic carbocycles. The van der Waals surface area contributed by atoms with Crippen LogP contribution in [0.3, 0.4) is 0 Å².